The summed E-state index contributed by atoms with van der Waals surface area (Å²) in [4.78, 5) is 12.0. The van der Waals surface area contributed by atoms with E-state index in [-0.39, 0.29) is 11.2 Å². The average Bonchev–Trinajstić information content (AvgIpc) is 2.85. The Morgan fingerprint density at radius 3 is 2.56 bits per heavy atom. The maximum Gasteiger partial charge on any atom is 0.237 e. The number of thioether (sulfide) groups is 1. The molecule has 1 atom stereocenters. The normalized spacial score (nSPS) is 17.7. The first-order valence-corrected chi connectivity index (χ1v) is 8.10. The van der Waals surface area contributed by atoms with Crippen LogP contribution in [0.2, 0.25) is 0 Å². The fourth-order valence-electron chi connectivity index (χ4n) is 2.15. The molecule has 0 aliphatic heterocycles. The lowest BCUT2D eigenvalue weighted by Gasteiger charge is -2.16. The van der Waals surface area contributed by atoms with Crippen molar-refractivity contribution in [2.75, 3.05) is 5.32 Å². The molecule has 1 aromatic rings. The fourth-order valence-corrected chi connectivity index (χ4v) is 3.78. The second-order valence-electron chi connectivity index (χ2n) is 4.68. The summed E-state index contributed by atoms with van der Waals surface area (Å²) in [7, 11) is 0. The van der Waals surface area contributed by atoms with E-state index in [1.807, 2.05) is 43.0 Å². The van der Waals surface area contributed by atoms with Gasteiger partial charge in [-0.3, -0.25) is 4.79 Å². The predicted molar refractivity (Wildman–Crippen MR) is 82.1 cm³/mol. The number of nitrogens with one attached hydrogen (secondary N) is 1. The van der Waals surface area contributed by atoms with Crippen molar-refractivity contribution in [3.05, 3.63) is 28.7 Å². The lowest BCUT2D eigenvalue weighted by Crippen LogP contribution is -2.24. The quantitative estimate of drug-likeness (QED) is 0.884. The summed E-state index contributed by atoms with van der Waals surface area (Å²) in [6.07, 6.45) is 5.17. The number of benzene rings is 1. The Balaban J connectivity index is 1.84. The highest BCUT2D eigenvalue weighted by molar-refractivity contribution is 9.10. The SMILES string of the molecule is C[C@@H](SC1CCCC1)C(=O)Nc1ccc(Br)cc1. The van der Waals surface area contributed by atoms with Gasteiger partial charge in [0.15, 0.2) is 0 Å². The zero-order chi connectivity index (χ0) is 13.0. The molecule has 0 spiro atoms. The second-order valence-corrected chi connectivity index (χ2v) is 7.24. The molecular formula is C14H18BrNOS. The topological polar surface area (TPSA) is 29.1 Å². The highest BCUT2D eigenvalue weighted by atomic mass is 79.9. The van der Waals surface area contributed by atoms with E-state index in [4.69, 9.17) is 0 Å². The van der Waals surface area contributed by atoms with Crippen molar-refractivity contribution in [2.45, 2.75) is 43.1 Å². The Morgan fingerprint density at radius 1 is 1.33 bits per heavy atom. The monoisotopic (exact) mass is 327 g/mol. The number of rotatable bonds is 4. The zero-order valence-corrected chi connectivity index (χ0v) is 12.9. The van der Waals surface area contributed by atoms with Gasteiger partial charge in [0.2, 0.25) is 5.91 Å². The van der Waals surface area contributed by atoms with Crippen molar-refractivity contribution in [1.29, 1.82) is 0 Å². The van der Waals surface area contributed by atoms with E-state index in [1.54, 1.807) is 0 Å². The van der Waals surface area contributed by atoms with Crippen molar-refractivity contribution in [1.82, 2.24) is 0 Å². The summed E-state index contributed by atoms with van der Waals surface area (Å²) < 4.78 is 1.02. The number of anilines is 1. The minimum Gasteiger partial charge on any atom is -0.325 e. The van der Waals surface area contributed by atoms with E-state index in [9.17, 15) is 4.79 Å². The third kappa shape index (κ3) is 4.02. The van der Waals surface area contributed by atoms with E-state index in [2.05, 4.69) is 21.2 Å². The number of carbonyl (C=O) groups excluding carboxylic acids is 1. The molecule has 0 unspecified atom stereocenters. The number of carbonyl (C=O) groups is 1. The molecule has 1 aromatic carbocycles. The van der Waals surface area contributed by atoms with Gasteiger partial charge in [0, 0.05) is 15.4 Å². The van der Waals surface area contributed by atoms with Crippen molar-refractivity contribution in [3.8, 4) is 0 Å². The lowest BCUT2D eigenvalue weighted by molar-refractivity contribution is -0.115. The van der Waals surface area contributed by atoms with Crippen LogP contribution >= 0.6 is 27.7 Å². The molecule has 2 rings (SSSR count). The molecule has 1 fully saturated rings. The molecule has 1 N–H and O–H groups in total. The third-order valence-corrected chi connectivity index (χ3v) is 5.19. The zero-order valence-electron chi connectivity index (χ0n) is 10.5. The molecule has 1 aliphatic rings. The maximum absolute atomic E-state index is 12.0. The van der Waals surface area contributed by atoms with E-state index in [0.29, 0.717) is 5.25 Å². The number of hydrogen-bond acceptors (Lipinski definition) is 2. The van der Waals surface area contributed by atoms with Crippen LogP contribution in [0.5, 0.6) is 0 Å². The molecule has 1 amide bonds. The van der Waals surface area contributed by atoms with Crippen molar-refractivity contribution in [3.63, 3.8) is 0 Å². The predicted octanol–water partition coefficient (Wildman–Crippen LogP) is 4.45. The second kappa shape index (κ2) is 6.62. The van der Waals surface area contributed by atoms with Crippen LogP contribution in [-0.4, -0.2) is 16.4 Å². The Hall–Kier alpha value is -0.480. The van der Waals surface area contributed by atoms with Gasteiger partial charge in [-0.15, -0.1) is 11.8 Å². The fraction of sp³-hybridized carbons (Fsp3) is 0.500. The van der Waals surface area contributed by atoms with Crippen LogP contribution in [0.3, 0.4) is 0 Å². The molecule has 0 saturated heterocycles. The first-order valence-electron chi connectivity index (χ1n) is 6.37. The molecule has 0 radical (unpaired) electrons. The summed E-state index contributed by atoms with van der Waals surface area (Å²) >= 11 is 5.20. The first-order chi connectivity index (χ1) is 8.65. The van der Waals surface area contributed by atoms with Crippen LogP contribution in [0.4, 0.5) is 5.69 Å². The molecule has 0 aromatic heterocycles. The Morgan fingerprint density at radius 2 is 1.94 bits per heavy atom. The van der Waals surface area contributed by atoms with E-state index in [0.717, 1.165) is 10.2 Å². The van der Waals surface area contributed by atoms with Crippen molar-refractivity contribution < 1.29 is 4.79 Å². The molecule has 2 nitrogen and oxygen atoms in total. The molecule has 0 heterocycles. The van der Waals surface area contributed by atoms with Crippen LogP contribution < -0.4 is 5.32 Å². The van der Waals surface area contributed by atoms with Gasteiger partial charge in [-0.1, -0.05) is 28.8 Å². The number of halogens is 1. The summed E-state index contributed by atoms with van der Waals surface area (Å²) in [5, 5.41) is 3.66. The Bertz CT molecular complexity index is 401. The molecule has 98 valence electrons. The standard InChI is InChI=1S/C14H18BrNOS/c1-10(18-13-4-2-3-5-13)14(17)16-12-8-6-11(15)7-9-12/h6-10,13H,2-5H2,1H3,(H,16,17)/t10-/m1/s1. The van der Waals surface area contributed by atoms with Gasteiger partial charge in [-0.2, -0.15) is 0 Å². The van der Waals surface area contributed by atoms with Crippen LogP contribution in [-0.2, 0) is 4.79 Å². The lowest BCUT2D eigenvalue weighted by atomic mass is 10.3. The van der Waals surface area contributed by atoms with E-state index >= 15 is 0 Å². The number of amides is 1. The van der Waals surface area contributed by atoms with Gasteiger partial charge < -0.3 is 5.32 Å². The highest BCUT2D eigenvalue weighted by Gasteiger charge is 2.22. The van der Waals surface area contributed by atoms with Crippen LogP contribution in [0.1, 0.15) is 32.6 Å². The van der Waals surface area contributed by atoms with Crippen LogP contribution in [0.15, 0.2) is 28.7 Å². The van der Waals surface area contributed by atoms with Gasteiger partial charge in [0.25, 0.3) is 0 Å². The molecule has 18 heavy (non-hydrogen) atoms. The first kappa shape index (κ1) is 13.9. The van der Waals surface area contributed by atoms with Crippen molar-refractivity contribution in [2.24, 2.45) is 0 Å². The minimum atomic E-state index is 0.0248. The average molecular weight is 328 g/mol. The summed E-state index contributed by atoms with van der Waals surface area (Å²) in [5.41, 5.74) is 0.863. The molecule has 4 heteroatoms. The number of hydrogen-bond donors (Lipinski definition) is 1. The third-order valence-electron chi connectivity index (χ3n) is 3.18. The molecular weight excluding hydrogens is 310 g/mol. The smallest absolute Gasteiger partial charge is 0.237 e. The van der Waals surface area contributed by atoms with Crippen molar-refractivity contribution >= 4 is 39.3 Å². The van der Waals surface area contributed by atoms with Gasteiger partial charge in [0.05, 0.1) is 5.25 Å². The van der Waals surface area contributed by atoms with Crippen LogP contribution in [0, 0.1) is 0 Å². The largest absolute Gasteiger partial charge is 0.325 e. The van der Waals surface area contributed by atoms with Crippen LogP contribution in [0.25, 0.3) is 0 Å². The highest BCUT2D eigenvalue weighted by Crippen LogP contribution is 2.32. The van der Waals surface area contributed by atoms with Gasteiger partial charge in [-0.05, 0) is 44.0 Å². The summed E-state index contributed by atoms with van der Waals surface area (Å²) in [6.45, 7) is 2.00. The van der Waals surface area contributed by atoms with Gasteiger partial charge in [0.1, 0.15) is 0 Å². The Kier molecular flexibility index (Phi) is 5.13. The molecule has 1 aliphatic carbocycles. The minimum absolute atomic E-state index is 0.0248. The maximum atomic E-state index is 12.0. The van der Waals surface area contributed by atoms with E-state index < -0.39 is 0 Å². The molecule has 0 bridgehead atoms. The van der Waals surface area contributed by atoms with E-state index in [1.165, 1.54) is 25.7 Å². The van der Waals surface area contributed by atoms with Gasteiger partial charge >= 0.3 is 0 Å². The Labute approximate surface area is 121 Å². The summed E-state index contributed by atoms with van der Waals surface area (Å²) in [5.74, 6) is 0.106. The van der Waals surface area contributed by atoms with Gasteiger partial charge in [-0.25, -0.2) is 0 Å². The summed E-state index contributed by atoms with van der Waals surface area (Å²) in [6, 6.07) is 7.69. The molecule has 1 saturated carbocycles.